The van der Waals surface area contributed by atoms with Gasteiger partial charge in [0.25, 0.3) is 0 Å². The molecular formula is C16H12Cl2O. The second-order valence-corrected chi connectivity index (χ2v) is 5.67. The normalized spacial score (nSPS) is 16.6. The van der Waals surface area contributed by atoms with Gasteiger partial charge in [0.1, 0.15) is 0 Å². The maximum absolute atomic E-state index is 12.2. The number of benzene rings is 2. The Morgan fingerprint density at radius 2 is 1.89 bits per heavy atom. The van der Waals surface area contributed by atoms with E-state index < -0.39 is 0 Å². The molecule has 0 spiro atoms. The highest BCUT2D eigenvalue weighted by molar-refractivity contribution is 6.42. The van der Waals surface area contributed by atoms with Gasteiger partial charge < -0.3 is 0 Å². The predicted molar refractivity (Wildman–Crippen MR) is 78.3 cm³/mol. The summed E-state index contributed by atoms with van der Waals surface area (Å²) in [6.07, 6.45) is 1.53. The van der Waals surface area contributed by atoms with E-state index in [0.717, 1.165) is 6.42 Å². The molecule has 1 unspecified atom stereocenters. The molecule has 2 aromatic rings. The van der Waals surface area contributed by atoms with Crippen LogP contribution in [-0.4, -0.2) is 5.78 Å². The van der Waals surface area contributed by atoms with Crippen molar-refractivity contribution in [2.75, 3.05) is 0 Å². The first-order chi connectivity index (χ1) is 9.15. The molecule has 3 rings (SSSR count). The third-order valence-corrected chi connectivity index (χ3v) is 4.37. The number of Topliss-reactive ketones (excluding diaryl/α,β-unsaturated/α-hetero) is 1. The molecule has 0 aromatic heterocycles. The molecule has 1 aliphatic carbocycles. The molecule has 0 saturated heterocycles. The first kappa shape index (κ1) is 12.7. The molecule has 0 heterocycles. The van der Waals surface area contributed by atoms with Crippen molar-refractivity contribution >= 4 is 29.0 Å². The molecule has 0 N–H and O–H groups in total. The standard InChI is InChI=1S/C16H12Cl2O/c17-14-6-5-11(8-15(14)18)16(19)9-12-7-10-3-1-2-4-13(10)12/h1-6,8,12H,7,9H2. The van der Waals surface area contributed by atoms with Gasteiger partial charge >= 0.3 is 0 Å². The number of carbonyl (C=O) groups is 1. The Morgan fingerprint density at radius 1 is 1.11 bits per heavy atom. The Labute approximate surface area is 122 Å². The Kier molecular flexibility index (Phi) is 3.34. The summed E-state index contributed by atoms with van der Waals surface area (Å²) in [6.45, 7) is 0. The average Bonchev–Trinajstić information content (AvgIpc) is 2.39. The summed E-state index contributed by atoms with van der Waals surface area (Å²) in [7, 11) is 0. The largest absolute Gasteiger partial charge is 0.294 e. The van der Waals surface area contributed by atoms with Gasteiger partial charge in [-0.1, -0.05) is 47.5 Å². The quantitative estimate of drug-likeness (QED) is 0.735. The fraction of sp³-hybridized carbons (Fsp3) is 0.188. The van der Waals surface area contributed by atoms with Gasteiger partial charge in [-0.15, -0.1) is 0 Å². The molecule has 1 atom stereocenters. The van der Waals surface area contributed by atoms with E-state index in [1.807, 2.05) is 12.1 Å². The Hall–Kier alpha value is -1.31. The summed E-state index contributed by atoms with van der Waals surface area (Å²) < 4.78 is 0. The van der Waals surface area contributed by atoms with Crippen molar-refractivity contribution in [1.82, 2.24) is 0 Å². The summed E-state index contributed by atoms with van der Waals surface area (Å²) in [5.41, 5.74) is 3.30. The van der Waals surface area contributed by atoms with Gasteiger partial charge in [0, 0.05) is 12.0 Å². The van der Waals surface area contributed by atoms with Crippen molar-refractivity contribution in [3.63, 3.8) is 0 Å². The van der Waals surface area contributed by atoms with Crippen LogP contribution in [0.4, 0.5) is 0 Å². The zero-order chi connectivity index (χ0) is 13.4. The van der Waals surface area contributed by atoms with Crippen LogP contribution in [0.25, 0.3) is 0 Å². The van der Waals surface area contributed by atoms with Crippen molar-refractivity contribution in [3.05, 3.63) is 69.2 Å². The Balaban J connectivity index is 1.75. The molecule has 96 valence electrons. The van der Waals surface area contributed by atoms with Gasteiger partial charge in [-0.25, -0.2) is 0 Å². The lowest BCUT2D eigenvalue weighted by Gasteiger charge is -2.29. The van der Waals surface area contributed by atoms with E-state index >= 15 is 0 Å². The number of carbonyl (C=O) groups excluding carboxylic acids is 1. The van der Waals surface area contributed by atoms with Gasteiger partial charge in [-0.3, -0.25) is 4.79 Å². The SMILES string of the molecule is O=C(CC1Cc2ccccc21)c1ccc(Cl)c(Cl)c1. The van der Waals surface area contributed by atoms with Crippen molar-refractivity contribution in [2.24, 2.45) is 0 Å². The van der Waals surface area contributed by atoms with Crippen LogP contribution in [0, 0.1) is 0 Å². The fourth-order valence-corrected chi connectivity index (χ4v) is 2.85. The third-order valence-electron chi connectivity index (χ3n) is 3.63. The first-order valence-corrected chi connectivity index (χ1v) is 6.97. The third kappa shape index (κ3) is 2.41. The summed E-state index contributed by atoms with van der Waals surface area (Å²) in [5, 5.41) is 0.911. The highest BCUT2D eigenvalue weighted by Gasteiger charge is 2.27. The van der Waals surface area contributed by atoms with E-state index in [1.165, 1.54) is 11.1 Å². The molecule has 0 fully saturated rings. The second-order valence-electron chi connectivity index (χ2n) is 4.86. The van der Waals surface area contributed by atoms with Crippen LogP contribution in [0.3, 0.4) is 0 Å². The molecular weight excluding hydrogens is 279 g/mol. The minimum atomic E-state index is 0.123. The molecule has 3 heteroatoms. The maximum atomic E-state index is 12.2. The molecule has 19 heavy (non-hydrogen) atoms. The van der Waals surface area contributed by atoms with Crippen LogP contribution in [0.2, 0.25) is 10.0 Å². The zero-order valence-corrected chi connectivity index (χ0v) is 11.7. The van der Waals surface area contributed by atoms with E-state index in [0.29, 0.717) is 27.9 Å². The lowest BCUT2D eigenvalue weighted by Crippen LogP contribution is -2.20. The summed E-state index contributed by atoms with van der Waals surface area (Å²) in [6, 6.07) is 13.3. The molecule has 2 aromatic carbocycles. The molecule has 1 nitrogen and oxygen atoms in total. The van der Waals surface area contributed by atoms with Crippen molar-refractivity contribution in [2.45, 2.75) is 18.8 Å². The zero-order valence-electron chi connectivity index (χ0n) is 10.2. The van der Waals surface area contributed by atoms with Crippen LogP contribution in [0.5, 0.6) is 0 Å². The number of hydrogen-bond acceptors (Lipinski definition) is 1. The number of ketones is 1. The predicted octanol–water partition coefficient (Wildman–Crippen LogP) is 4.91. The van der Waals surface area contributed by atoms with E-state index in [4.69, 9.17) is 23.2 Å². The Morgan fingerprint density at radius 3 is 2.63 bits per heavy atom. The van der Waals surface area contributed by atoms with Gasteiger partial charge in [-0.2, -0.15) is 0 Å². The van der Waals surface area contributed by atoms with E-state index in [1.54, 1.807) is 18.2 Å². The van der Waals surface area contributed by atoms with Gasteiger partial charge in [0.2, 0.25) is 0 Å². The van der Waals surface area contributed by atoms with Gasteiger partial charge in [-0.05, 0) is 41.7 Å². The highest BCUT2D eigenvalue weighted by Crippen LogP contribution is 2.38. The lowest BCUT2D eigenvalue weighted by atomic mass is 9.74. The minimum Gasteiger partial charge on any atom is -0.294 e. The fourth-order valence-electron chi connectivity index (χ4n) is 2.56. The van der Waals surface area contributed by atoms with Gasteiger partial charge in [0.05, 0.1) is 10.0 Å². The summed E-state index contributed by atoms with van der Waals surface area (Å²) >= 11 is 11.8. The van der Waals surface area contributed by atoms with Crippen LogP contribution in [0.15, 0.2) is 42.5 Å². The molecule has 0 bridgehead atoms. The molecule has 0 amide bonds. The highest BCUT2D eigenvalue weighted by atomic mass is 35.5. The first-order valence-electron chi connectivity index (χ1n) is 6.21. The van der Waals surface area contributed by atoms with Crippen LogP contribution in [-0.2, 0) is 6.42 Å². The van der Waals surface area contributed by atoms with E-state index in [2.05, 4.69) is 12.1 Å². The van der Waals surface area contributed by atoms with Crippen LogP contribution < -0.4 is 0 Å². The van der Waals surface area contributed by atoms with Crippen molar-refractivity contribution in [1.29, 1.82) is 0 Å². The maximum Gasteiger partial charge on any atom is 0.163 e. The molecule has 0 aliphatic heterocycles. The van der Waals surface area contributed by atoms with Crippen molar-refractivity contribution < 1.29 is 4.79 Å². The lowest BCUT2D eigenvalue weighted by molar-refractivity contribution is 0.0970. The molecule has 0 saturated carbocycles. The summed E-state index contributed by atoms with van der Waals surface area (Å²) in [5.74, 6) is 0.469. The minimum absolute atomic E-state index is 0.123. The second kappa shape index (κ2) is 4.99. The summed E-state index contributed by atoms with van der Waals surface area (Å²) in [4.78, 5) is 12.2. The topological polar surface area (TPSA) is 17.1 Å². The van der Waals surface area contributed by atoms with Gasteiger partial charge in [0.15, 0.2) is 5.78 Å². The number of hydrogen-bond donors (Lipinski definition) is 0. The molecule has 0 radical (unpaired) electrons. The monoisotopic (exact) mass is 290 g/mol. The van der Waals surface area contributed by atoms with E-state index in [9.17, 15) is 4.79 Å². The average molecular weight is 291 g/mol. The number of halogens is 2. The molecule has 1 aliphatic rings. The van der Waals surface area contributed by atoms with Crippen molar-refractivity contribution in [3.8, 4) is 0 Å². The van der Waals surface area contributed by atoms with E-state index in [-0.39, 0.29) is 5.78 Å². The number of rotatable bonds is 3. The van der Waals surface area contributed by atoms with Crippen LogP contribution >= 0.6 is 23.2 Å². The smallest absolute Gasteiger partial charge is 0.163 e. The number of fused-ring (bicyclic) bond motifs is 1. The Bertz CT molecular complexity index is 649. The van der Waals surface area contributed by atoms with Crippen LogP contribution in [0.1, 0.15) is 33.8 Å².